The number of aliphatic imine (C=N–C) groups is 1. The average molecular weight is 527 g/mol. The number of aromatic nitrogens is 1. The first-order chi connectivity index (χ1) is 14.1. The summed E-state index contributed by atoms with van der Waals surface area (Å²) in [5, 5.41) is 6.85. The van der Waals surface area contributed by atoms with Crippen LogP contribution in [0.4, 0.5) is 0 Å². The maximum atomic E-state index is 5.72. The van der Waals surface area contributed by atoms with E-state index in [0.29, 0.717) is 12.5 Å². The van der Waals surface area contributed by atoms with Gasteiger partial charge in [-0.25, -0.2) is 4.98 Å². The Bertz CT molecular complexity index is 796. The summed E-state index contributed by atoms with van der Waals surface area (Å²) in [4.78, 5) is 11.3. The Hall–Kier alpha value is -1.81. The van der Waals surface area contributed by atoms with E-state index in [1.165, 1.54) is 0 Å². The molecule has 8 heteroatoms. The molecule has 7 nitrogen and oxygen atoms in total. The van der Waals surface area contributed by atoms with Gasteiger partial charge >= 0.3 is 0 Å². The highest BCUT2D eigenvalue weighted by atomic mass is 127. The summed E-state index contributed by atoms with van der Waals surface area (Å²) >= 11 is 0. The molecular weight excluding hydrogens is 493 g/mol. The molecule has 3 rings (SSSR count). The molecule has 166 valence electrons. The second kappa shape index (κ2) is 12.1. The molecule has 0 aliphatic carbocycles. The van der Waals surface area contributed by atoms with Crippen LogP contribution < -0.4 is 15.4 Å². The van der Waals surface area contributed by atoms with Gasteiger partial charge in [-0.1, -0.05) is 18.2 Å². The standard InChI is InChI=1S/C22H33N5O2.HI/c1-16-17(2)29-21(26-16)15-27-11-9-18(10-12-27)13-24-22(23-3)25-14-19-7-5-6-8-20(19)28-4;/h5-8,18H,9-15H2,1-4H3,(H2,23,24,25);1H. The zero-order valence-electron chi connectivity index (χ0n) is 18.4. The lowest BCUT2D eigenvalue weighted by molar-refractivity contribution is 0.164. The lowest BCUT2D eigenvalue weighted by Crippen LogP contribution is -2.42. The quantitative estimate of drug-likeness (QED) is 0.326. The largest absolute Gasteiger partial charge is 0.496 e. The molecule has 2 heterocycles. The van der Waals surface area contributed by atoms with Crippen LogP contribution in [0.3, 0.4) is 0 Å². The third kappa shape index (κ3) is 6.87. The number of guanidine groups is 1. The van der Waals surface area contributed by atoms with Crippen molar-refractivity contribution in [2.24, 2.45) is 10.9 Å². The van der Waals surface area contributed by atoms with E-state index in [9.17, 15) is 0 Å². The number of methoxy groups -OCH3 is 1. The summed E-state index contributed by atoms with van der Waals surface area (Å²) in [5.74, 6) is 4.11. The van der Waals surface area contributed by atoms with Crippen molar-refractivity contribution < 1.29 is 9.15 Å². The Morgan fingerprint density at radius 1 is 1.23 bits per heavy atom. The van der Waals surface area contributed by atoms with Gasteiger partial charge in [0.2, 0.25) is 5.89 Å². The Morgan fingerprint density at radius 3 is 2.60 bits per heavy atom. The molecule has 0 atom stereocenters. The Labute approximate surface area is 196 Å². The maximum Gasteiger partial charge on any atom is 0.208 e. The van der Waals surface area contributed by atoms with E-state index in [0.717, 1.165) is 73.6 Å². The van der Waals surface area contributed by atoms with E-state index in [2.05, 4.69) is 31.6 Å². The Balaban J connectivity index is 0.00000320. The third-order valence-electron chi connectivity index (χ3n) is 5.56. The number of nitrogens with zero attached hydrogens (tertiary/aromatic N) is 3. The van der Waals surface area contributed by atoms with Crippen molar-refractivity contribution in [2.75, 3.05) is 33.8 Å². The minimum absolute atomic E-state index is 0. The molecular formula is C22H34IN5O2. The Morgan fingerprint density at radius 2 is 1.97 bits per heavy atom. The number of hydrogen-bond acceptors (Lipinski definition) is 5. The topological polar surface area (TPSA) is 74.9 Å². The number of halogens is 1. The van der Waals surface area contributed by atoms with Crippen molar-refractivity contribution in [1.29, 1.82) is 0 Å². The molecule has 0 spiro atoms. The molecule has 30 heavy (non-hydrogen) atoms. The number of aryl methyl sites for hydroxylation is 2. The van der Waals surface area contributed by atoms with Crippen LogP contribution in [0.5, 0.6) is 5.75 Å². The highest BCUT2D eigenvalue weighted by molar-refractivity contribution is 14.0. The lowest BCUT2D eigenvalue weighted by Gasteiger charge is -2.31. The fraction of sp³-hybridized carbons (Fsp3) is 0.545. The van der Waals surface area contributed by atoms with E-state index < -0.39 is 0 Å². The molecule has 0 bridgehead atoms. The number of para-hydroxylation sites is 1. The monoisotopic (exact) mass is 527 g/mol. The highest BCUT2D eigenvalue weighted by Gasteiger charge is 2.21. The summed E-state index contributed by atoms with van der Waals surface area (Å²) in [7, 11) is 3.50. The number of benzene rings is 1. The molecule has 0 unspecified atom stereocenters. The molecule has 0 saturated carbocycles. The van der Waals surface area contributed by atoms with Crippen LogP contribution in [-0.4, -0.2) is 49.6 Å². The normalized spacial score (nSPS) is 15.5. The van der Waals surface area contributed by atoms with E-state index in [-0.39, 0.29) is 24.0 Å². The predicted molar refractivity (Wildman–Crippen MR) is 131 cm³/mol. The predicted octanol–water partition coefficient (Wildman–Crippen LogP) is 3.50. The second-order valence-electron chi connectivity index (χ2n) is 7.59. The van der Waals surface area contributed by atoms with Crippen molar-refractivity contribution in [2.45, 2.75) is 39.8 Å². The van der Waals surface area contributed by atoms with Gasteiger partial charge in [-0.3, -0.25) is 9.89 Å². The average Bonchev–Trinajstić information content (AvgIpc) is 3.06. The van der Waals surface area contributed by atoms with Gasteiger partial charge in [-0.05, 0) is 51.8 Å². The number of hydrogen-bond donors (Lipinski definition) is 2. The summed E-state index contributed by atoms with van der Waals surface area (Å²) < 4.78 is 11.1. The first kappa shape index (κ1) is 24.5. The number of likely N-dealkylation sites (tertiary alicyclic amines) is 1. The number of rotatable bonds is 7. The van der Waals surface area contributed by atoms with E-state index in [1.807, 2.05) is 32.0 Å². The first-order valence-corrected chi connectivity index (χ1v) is 10.3. The molecule has 1 aliphatic heterocycles. The van der Waals surface area contributed by atoms with Gasteiger partial charge in [0.15, 0.2) is 5.96 Å². The van der Waals surface area contributed by atoms with Gasteiger partial charge in [0, 0.05) is 25.7 Å². The number of ether oxygens (including phenoxy) is 1. The molecule has 0 radical (unpaired) electrons. The lowest BCUT2D eigenvalue weighted by atomic mass is 9.97. The maximum absolute atomic E-state index is 5.72. The second-order valence-corrected chi connectivity index (χ2v) is 7.59. The minimum atomic E-state index is 0. The van der Waals surface area contributed by atoms with Crippen molar-refractivity contribution >= 4 is 29.9 Å². The van der Waals surface area contributed by atoms with E-state index in [1.54, 1.807) is 14.2 Å². The van der Waals surface area contributed by atoms with Crippen LogP contribution >= 0.6 is 24.0 Å². The van der Waals surface area contributed by atoms with E-state index >= 15 is 0 Å². The van der Waals surface area contributed by atoms with Gasteiger partial charge in [0.25, 0.3) is 0 Å². The molecule has 1 aliphatic rings. The summed E-state index contributed by atoms with van der Waals surface area (Å²) in [6, 6.07) is 8.03. The zero-order chi connectivity index (χ0) is 20.6. The smallest absolute Gasteiger partial charge is 0.208 e. The SMILES string of the molecule is CN=C(NCc1ccccc1OC)NCC1CCN(Cc2nc(C)c(C)o2)CC1.I. The van der Waals surface area contributed by atoms with Crippen LogP contribution in [-0.2, 0) is 13.1 Å². The third-order valence-corrected chi connectivity index (χ3v) is 5.56. The molecule has 0 amide bonds. The van der Waals surface area contributed by atoms with Crippen LogP contribution in [0.15, 0.2) is 33.7 Å². The minimum Gasteiger partial charge on any atom is -0.496 e. The van der Waals surface area contributed by atoms with Crippen LogP contribution in [0, 0.1) is 19.8 Å². The van der Waals surface area contributed by atoms with Gasteiger partial charge < -0.3 is 19.8 Å². The molecule has 1 aromatic carbocycles. The first-order valence-electron chi connectivity index (χ1n) is 10.3. The van der Waals surface area contributed by atoms with Gasteiger partial charge in [0.05, 0.1) is 19.3 Å². The number of nitrogens with one attached hydrogen (secondary N) is 2. The molecule has 1 fully saturated rings. The summed E-state index contributed by atoms with van der Waals surface area (Å²) in [6.45, 7) is 8.51. The highest BCUT2D eigenvalue weighted by Crippen LogP contribution is 2.19. The van der Waals surface area contributed by atoms with Crippen LogP contribution in [0.2, 0.25) is 0 Å². The van der Waals surface area contributed by atoms with Crippen molar-refractivity contribution in [1.82, 2.24) is 20.5 Å². The summed E-state index contributed by atoms with van der Waals surface area (Å²) in [6.07, 6.45) is 2.32. The Kier molecular flexibility index (Phi) is 9.90. The van der Waals surface area contributed by atoms with Crippen molar-refractivity contribution in [3.63, 3.8) is 0 Å². The number of piperidine rings is 1. The number of oxazole rings is 1. The molecule has 1 aromatic heterocycles. The fourth-order valence-corrected chi connectivity index (χ4v) is 3.64. The fourth-order valence-electron chi connectivity index (χ4n) is 3.64. The van der Waals surface area contributed by atoms with Gasteiger partial charge in [-0.15, -0.1) is 24.0 Å². The zero-order valence-corrected chi connectivity index (χ0v) is 20.7. The molecule has 2 N–H and O–H groups in total. The van der Waals surface area contributed by atoms with E-state index in [4.69, 9.17) is 9.15 Å². The van der Waals surface area contributed by atoms with Gasteiger partial charge in [-0.2, -0.15) is 0 Å². The molecule has 2 aromatic rings. The van der Waals surface area contributed by atoms with Crippen LogP contribution in [0.1, 0.15) is 35.7 Å². The van der Waals surface area contributed by atoms with Crippen molar-refractivity contribution in [3.05, 3.63) is 47.2 Å². The van der Waals surface area contributed by atoms with Crippen LogP contribution in [0.25, 0.3) is 0 Å². The van der Waals surface area contributed by atoms with Gasteiger partial charge in [0.1, 0.15) is 11.5 Å². The summed E-state index contributed by atoms with van der Waals surface area (Å²) in [5.41, 5.74) is 2.11. The molecule has 1 saturated heterocycles. The van der Waals surface area contributed by atoms with Crippen molar-refractivity contribution in [3.8, 4) is 5.75 Å².